The van der Waals surface area contributed by atoms with Crippen LogP contribution >= 0.6 is 0 Å². The Morgan fingerprint density at radius 1 is 1.32 bits per heavy atom. The molecular weight excluding hydrogens is 244 g/mol. The molecule has 0 unspecified atom stereocenters. The minimum absolute atomic E-state index is 0.0206. The number of imidazole rings is 1. The van der Waals surface area contributed by atoms with Gasteiger partial charge in [0.25, 0.3) is 0 Å². The molecule has 1 aromatic heterocycles. The molecule has 0 radical (unpaired) electrons. The first-order valence-electron chi connectivity index (χ1n) is 6.18. The molecule has 5 nitrogen and oxygen atoms in total. The zero-order chi connectivity index (χ0) is 13.7. The predicted molar refractivity (Wildman–Crippen MR) is 71.1 cm³/mol. The Bertz CT molecular complexity index is 537. The first-order chi connectivity index (χ1) is 9.28. The van der Waals surface area contributed by atoms with E-state index in [4.69, 9.17) is 14.6 Å². The maximum atomic E-state index is 9.15. The summed E-state index contributed by atoms with van der Waals surface area (Å²) in [7, 11) is 1.59. The van der Waals surface area contributed by atoms with Gasteiger partial charge in [0.15, 0.2) is 11.5 Å². The number of benzene rings is 1. The molecule has 0 aliphatic rings. The lowest BCUT2D eigenvalue weighted by molar-refractivity contribution is 0.267. The molecule has 1 heterocycles. The molecule has 0 bridgehead atoms. The van der Waals surface area contributed by atoms with Crippen LogP contribution in [0.25, 0.3) is 0 Å². The lowest BCUT2D eigenvalue weighted by Gasteiger charge is -2.12. The topological polar surface area (TPSA) is 56.5 Å². The first kappa shape index (κ1) is 13.4. The normalized spacial score (nSPS) is 10.5. The molecule has 1 aromatic carbocycles. The van der Waals surface area contributed by atoms with E-state index in [1.165, 1.54) is 0 Å². The summed E-state index contributed by atoms with van der Waals surface area (Å²) in [5.41, 5.74) is 1.79. The minimum Gasteiger partial charge on any atom is -0.493 e. The van der Waals surface area contributed by atoms with Crippen molar-refractivity contribution in [1.29, 1.82) is 0 Å². The monoisotopic (exact) mass is 262 g/mol. The van der Waals surface area contributed by atoms with Crippen LogP contribution in [0.1, 0.15) is 18.2 Å². The Morgan fingerprint density at radius 3 is 2.84 bits per heavy atom. The number of aryl methyl sites for hydroxylation is 1. The summed E-state index contributed by atoms with van der Waals surface area (Å²) in [6.45, 7) is 3.30. The standard InChI is InChI=1S/C14H18N2O3/c1-3-16-10-15-7-12(16)9-19-14-6-11(8-17)4-5-13(14)18-2/h4-7,10,17H,3,8-9H2,1-2H3. The highest BCUT2D eigenvalue weighted by Gasteiger charge is 2.07. The fraction of sp³-hybridized carbons (Fsp3) is 0.357. The van der Waals surface area contributed by atoms with Gasteiger partial charge in [-0.2, -0.15) is 0 Å². The minimum atomic E-state index is -0.0206. The van der Waals surface area contributed by atoms with E-state index >= 15 is 0 Å². The van der Waals surface area contributed by atoms with Gasteiger partial charge in [-0.05, 0) is 24.6 Å². The Morgan fingerprint density at radius 2 is 2.16 bits per heavy atom. The van der Waals surface area contributed by atoms with Crippen LogP contribution in [-0.4, -0.2) is 21.8 Å². The van der Waals surface area contributed by atoms with Crippen LogP contribution in [0.3, 0.4) is 0 Å². The molecule has 0 atom stereocenters. The van der Waals surface area contributed by atoms with Crippen LogP contribution in [0.4, 0.5) is 0 Å². The molecule has 0 aliphatic heterocycles. The molecule has 0 amide bonds. The van der Waals surface area contributed by atoms with Gasteiger partial charge in [0.05, 0.1) is 31.9 Å². The largest absolute Gasteiger partial charge is 0.493 e. The second kappa shape index (κ2) is 6.24. The summed E-state index contributed by atoms with van der Waals surface area (Å²) >= 11 is 0. The van der Waals surface area contributed by atoms with Crippen molar-refractivity contribution in [2.45, 2.75) is 26.7 Å². The quantitative estimate of drug-likeness (QED) is 0.865. The zero-order valence-electron chi connectivity index (χ0n) is 11.2. The highest BCUT2D eigenvalue weighted by molar-refractivity contribution is 5.42. The van der Waals surface area contributed by atoms with Gasteiger partial charge in [-0.15, -0.1) is 0 Å². The van der Waals surface area contributed by atoms with E-state index in [1.807, 2.05) is 10.6 Å². The number of aliphatic hydroxyl groups is 1. The molecular formula is C14H18N2O3. The summed E-state index contributed by atoms with van der Waals surface area (Å²) < 4.78 is 13.0. The molecule has 0 spiro atoms. The van der Waals surface area contributed by atoms with Crippen molar-refractivity contribution in [2.75, 3.05) is 7.11 Å². The van der Waals surface area contributed by atoms with Crippen molar-refractivity contribution in [1.82, 2.24) is 9.55 Å². The highest BCUT2D eigenvalue weighted by Crippen LogP contribution is 2.28. The summed E-state index contributed by atoms with van der Waals surface area (Å²) in [6, 6.07) is 5.38. The molecule has 1 N–H and O–H groups in total. The number of ether oxygens (including phenoxy) is 2. The van der Waals surface area contributed by atoms with Gasteiger partial charge in [0.2, 0.25) is 0 Å². The second-order valence-corrected chi connectivity index (χ2v) is 4.10. The van der Waals surface area contributed by atoms with Crippen LogP contribution in [0, 0.1) is 0 Å². The van der Waals surface area contributed by atoms with Gasteiger partial charge in [-0.3, -0.25) is 0 Å². The molecule has 0 saturated heterocycles. The van der Waals surface area contributed by atoms with E-state index in [2.05, 4.69) is 11.9 Å². The van der Waals surface area contributed by atoms with Crippen LogP contribution in [0.5, 0.6) is 11.5 Å². The fourth-order valence-corrected chi connectivity index (χ4v) is 1.84. The molecule has 2 aromatic rings. The van der Waals surface area contributed by atoms with E-state index in [9.17, 15) is 0 Å². The molecule has 5 heteroatoms. The van der Waals surface area contributed by atoms with Crippen molar-refractivity contribution in [2.24, 2.45) is 0 Å². The summed E-state index contributed by atoms with van der Waals surface area (Å²) in [4.78, 5) is 4.09. The SMILES string of the molecule is CCn1cncc1COc1cc(CO)ccc1OC. The highest BCUT2D eigenvalue weighted by atomic mass is 16.5. The van der Waals surface area contributed by atoms with Crippen LogP contribution in [0.2, 0.25) is 0 Å². The first-order valence-corrected chi connectivity index (χ1v) is 6.18. The molecule has 0 fully saturated rings. The van der Waals surface area contributed by atoms with Crippen LogP contribution in [-0.2, 0) is 19.8 Å². The zero-order valence-corrected chi connectivity index (χ0v) is 11.2. The number of rotatable bonds is 6. The molecule has 102 valence electrons. The summed E-state index contributed by atoms with van der Waals surface area (Å²) in [6.07, 6.45) is 3.56. The van der Waals surface area contributed by atoms with Crippen molar-refractivity contribution >= 4 is 0 Å². The average Bonchev–Trinajstić information content (AvgIpc) is 2.92. The van der Waals surface area contributed by atoms with Gasteiger partial charge < -0.3 is 19.1 Å². The van der Waals surface area contributed by atoms with Crippen molar-refractivity contribution in [3.8, 4) is 11.5 Å². The van der Waals surface area contributed by atoms with E-state index in [1.54, 1.807) is 31.8 Å². The number of hydrogen-bond donors (Lipinski definition) is 1. The van der Waals surface area contributed by atoms with Gasteiger partial charge in [0.1, 0.15) is 6.61 Å². The Labute approximate surface area is 112 Å². The number of nitrogens with zero attached hydrogens (tertiary/aromatic N) is 2. The summed E-state index contributed by atoms with van der Waals surface area (Å²) in [5, 5.41) is 9.15. The number of methoxy groups -OCH3 is 1. The van der Waals surface area contributed by atoms with Gasteiger partial charge in [0, 0.05) is 6.54 Å². The van der Waals surface area contributed by atoms with Crippen molar-refractivity contribution in [3.05, 3.63) is 42.0 Å². The van der Waals surface area contributed by atoms with Gasteiger partial charge >= 0.3 is 0 Å². The van der Waals surface area contributed by atoms with Gasteiger partial charge in [-0.25, -0.2) is 4.98 Å². The number of hydrogen-bond acceptors (Lipinski definition) is 4. The Balaban J connectivity index is 2.14. The number of aliphatic hydroxyl groups excluding tert-OH is 1. The van der Waals surface area contributed by atoms with Crippen LogP contribution in [0.15, 0.2) is 30.7 Å². The molecule has 2 rings (SSSR count). The number of aromatic nitrogens is 2. The van der Waals surface area contributed by atoms with E-state index in [0.717, 1.165) is 17.8 Å². The van der Waals surface area contributed by atoms with Crippen molar-refractivity contribution < 1.29 is 14.6 Å². The van der Waals surface area contributed by atoms with E-state index < -0.39 is 0 Å². The van der Waals surface area contributed by atoms with Crippen molar-refractivity contribution in [3.63, 3.8) is 0 Å². The third kappa shape index (κ3) is 3.06. The maximum Gasteiger partial charge on any atom is 0.162 e. The average molecular weight is 262 g/mol. The third-order valence-corrected chi connectivity index (χ3v) is 2.93. The molecule has 19 heavy (non-hydrogen) atoms. The Hall–Kier alpha value is -2.01. The van der Waals surface area contributed by atoms with E-state index in [-0.39, 0.29) is 6.61 Å². The molecule has 0 aliphatic carbocycles. The van der Waals surface area contributed by atoms with Gasteiger partial charge in [-0.1, -0.05) is 6.07 Å². The third-order valence-electron chi connectivity index (χ3n) is 2.93. The smallest absolute Gasteiger partial charge is 0.162 e. The maximum absolute atomic E-state index is 9.15. The fourth-order valence-electron chi connectivity index (χ4n) is 1.84. The van der Waals surface area contributed by atoms with Crippen LogP contribution < -0.4 is 9.47 Å². The Kier molecular flexibility index (Phi) is 4.41. The second-order valence-electron chi connectivity index (χ2n) is 4.10. The summed E-state index contributed by atoms with van der Waals surface area (Å²) in [5.74, 6) is 1.28. The van der Waals surface area contributed by atoms with E-state index in [0.29, 0.717) is 18.1 Å². The molecule has 0 saturated carbocycles. The predicted octanol–water partition coefficient (Wildman–Crippen LogP) is 1.98. The lowest BCUT2D eigenvalue weighted by Crippen LogP contribution is -2.04. The lowest BCUT2D eigenvalue weighted by atomic mass is 10.2.